The number of hydrogen-bond donors (Lipinski definition) is 3. The lowest BCUT2D eigenvalue weighted by Crippen LogP contribution is -2.36. The van der Waals surface area contributed by atoms with E-state index >= 15 is 0 Å². The van der Waals surface area contributed by atoms with Crippen molar-refractivity contribution in [2.75, 3.05) is 26.7 Å². The summed E-state index contributed by atoms with van der Waals surface area (Å²) in [5.74, 6) is -1.00. The van der Waals surface area contributed by atoms with Crippen LogP contribution in [0.2, 0.25) is 0 Å². The highest BCUT2D eigenvalue weighted by Gasteiger charge is 2.34. The second kappa shape index (κ2) is 9.30. The molecule has 8 heteroatoms. The number of rotatable bonds is 6. The number of carbonyl (C=O) groups is 1. The number of fused-ring (bicyclic) bond motifs is 1. The molecular weight excluding hydrogens is 406 g/mol. The van der Waals surface area contributed by atoms with Crippen LogP contribution in [0, 0.1) is 11.3 Å². The molecule has 1 fully saturated rings. The quantitative estimate of drug-likeness (QED) is 0.543. The fraction of sp³-hybridized carbons (Fsp3) is 0.333. The molecule has 2 aromatic carbocycles. The van der Waals surface area contributed by atoms with Crippen molar-refractivity contribution >= 4 is 16.9 Å². The molecule has 2 heterocycles. The van der Waals surface area contributed by atoms with Crippen LogP contribution in [0.25, 0.3) is 11.0 Å². The standard InChI is InChI=1S/C24H25N5O3/c1-26-24(32)23(17-5-6-20-21(10-17)28-22(31)12-27-20)19(14-29-8-7-18(30)13-29)16-4-2-3-15(9-16)11-25/h2-6,9-10,12,18-19,23,30H,7-8,13-14H2,1H3,(H,26,32)(H,28,31)/t18-,19+,23?/m0/s1. The van der Waals surface area contributed by atoms with E-state index in [9.17, 15) is 20.0 Å². The topological polar surface area (TPSA) is 122 Å². The second-order valence-electron chi connectivity index (χ2n) is 8.16. The summed E-state index contributed by atoms with van der Waals surface area (Å²) in [5.41, 5.74) is 3.03. The van der Waals surface area contributed by atoms with Gasteiger partial charge in [0.15, 0.2) is 0 Å². The summed E-state index contributed by atoms with van der Waals surface area (Å²) in [6.07, 6.45) is 1.54. The molecular formula is C24H25N5O3. The van der Waals surface area contributed by atoms with Gasteiger partial charge in [-0.2, -0.15) is 5.26 Å². The van der Waals surface area contributed by atoms with Crippen LogP contribution in [0.5, 0.6) is 0 Å². The number of aliphatic hydroxyl groups is 1. The van der Waals surface area contributed by atoms with E-state index in [0.29, 0.717) is 36.1 Å². The molecule has 1 aliphatic rings. The van der Waals surface area contributed by atoms with E-state index < -0.39 is 5.92 Å². The Hall–Kier alpha value is -3.54. The number of carbonyl (C=O) groups excluding carboxylic acids is 1. The van der Waals surface area contributed by atoms with Crippen LogP contribution in [-0.2, 0) is 4.79 Å². The first-order valence-corrected chi connectivity index (χ1v) is 10.6. The fourth-order valence-electron chi connectivity index (χ4n) is 4.47. The highest BCUT2D eigenvalue weighted by Crippen LogP contribution is 2.36. The van der Waals surface area contributed by atoms with Gasteiger partial charge >= 0.3 is 0 Å². The number of nitriles is 1. The van der Waals surface area contributed by atoms with E-state index in [1.54, 1.807) is 25.2 Å². The first-order chi connectivity index (χ1) is 15.5. The van der Waals surface area contributed by atoms with Crippen molar-refractivity contribution < 1.29 is 9.90 Å². The number of likely N-dealkylation sites (N-methyl/N-ethyl adjacent to an activating group) is 1. The molecule has 1 amide bonds. The lowest BCUT2D eigenvalue weighted by Gasteiger charge is -2.30. The predicted molar refractivity (Wildman–Crippen MR) is 120 cm³/mol. The van der Waals surface area contributed by atoms with Crippen LogP contribution >= 0.6 is 0 Å². The number of aliphatic hydroxyl groups excluding tert-OH is 1. The lowest BCUT2D eigenvalue weighted by molar-refractivity contribution is -0.122. The molecule has 1 aromatic heterocycles. The van der Waals surface area contributed by atoms with Crippen molar-refractivity contribution in [1.29, 1.82) is 5.26 Å². The zero-order chi connectivity index (χ0) is 22.7. The first-order valence-electron chi connectivity index (χ1n) is 10.6. The van der Waals surface area contributed by atoms with Gasteiger partial charge in [-0.15, -0.1) is 0 Å². The van der Waals surface area contributed by atoms with Crippen molar-refractivity contribution in [1.82, 2.24) is 20.2 Å². The summed E-state index contributed by atoms with van der Waals surface area (Å²) in [7, 11) is 1.60. The number of amides is 1. The second-order valence-corrected chi connectivity index (χ2v) is 8.16. The molecule has 1 saturated heterocycles. The number of aromatic nitrogens is 2. The molecule has 8 nitrogen and oxygen atoms in total. The summed E-state index contributed by atoms with van der Waals surface area (Å²) in [6, 6.07) is 14.9. The molecule has 3 aromatic rings. The van der Waals surface area contributed by atoms with E-state index in [1.807, 2.05) is 24.3 Å². The number of aromatic amines is 1. The largest absolute Gasteiger partial charge is 0.392 e. The molecule has 0 aliphatic carbocycles. The van der Waals surface area contributed by atoms with Gasteiger partial charge in [-0.1, -0.05) is 18.2 Å². The maximum atomic E-state index is 13.2. The van der Waals surface area contributed by atoms with Crippen LogP contribution in [0.1, 0.15) is 34.9 Å². The molecule has 4 rings (SSSR count). The summed E-state index contributed by atoms with van der Waals surface area (Å²) in [6.45, 7) is 1.83. The van der Waals surface area contributed by atoms with Crippen LogP contribution in [0.15, 0.2) is 53.5 Å². The van der Waals surface area contributed by atoms with Crippen molar-refractivity contribution in [3.8, 4) is 6.07 Å². The fourth-order valence-corrected chi connectivity index (χ4v) is 4.47. The number of nitrogens with zero attached hydrogens (tertiary/aromatic N) is 3. The molecule has 1 aliphatic heterocycles. The van der Waals surface area contributed by atoms with E-state index in [-0.39, 0.29) is 23.5 Å². The Kier molecular flexibility index (Phi) is 6.30. The Morgan fingerprint density at radius 2 is 2.19 bits per heavy atom. The summed E-state index contributed by atoms with van der Waals surface area (Å²) in [4.78, 5) is 34.1. The third-order valence-corrected chi connectivity index (χ3v) is 6.04. The van der Waals surface area contributed by atoms with Crippen molar-refractivity contribution in [3.05, 3.63) is 75.7 Å². The number of benzene rings is 2. The average molecular weight is 431 g/mol. The van der Waals surface area contributed by atoms with Crippen LogP contribution < -0.4 is 10.9 Å². The zero-order valence-electron chi connectivity index (χ0n) is 17.8. The number of nitrogens with one attached hydrogen (secondary N) is 2. The summed E-state index contributed by atoms with van der Waals surface area (Å²) >= 11 is 0. The number of H-pyrrole nitrogens is 1. The van der Waals surface area contributed by atoms with Crippen LogP contribution in [0.3, 0.4) is 0 Å². The van der Waals surface area contributed by atoms with Gasteiger partial charge in [-0.25, -0.2) is 4.98 Å². The number of likely N-dealkylation sites (tertiary alicyclic amines) is 1. The Morgan fingerprint density at radius 3 is 2.91 bits per heavy atom. The monoisotopic (exact) mass is 431 g/mol. The van der Waals surface area contributed by atoms with Gasteiger partial charge in [0.1, 0.15) is 0 Å². The molecule has 0 saturated carbocycles. The molecule has 0 bridgehead atoms. The normalized spacial score (nSPS) is 18.2. The number of hydrogen-bond acceptors (Lipinski definition) is 6. The third kappa shape index (κ3) is 4.54. The van der Waals surface area contributed by atoms with E-state index in [0.717, 1.165) is 17.7 Å². The maximum absolute atomic E-state index is 13.2. The van der Waals surface area contributed by atoms with E-state index in [2.05, 4.69) is 26.3 Å². The minimum Gasteiger partial charge on any atom is -0.392 e. The highest BCUT2D eigenvalue weighted by molar-refractivity contribution is 5.86. The van der Waals surface area contributed by atoms with E-state index in [4.69, 9.17) is 0 Å². The van der Waals surface area contributed by atoms with Crippen LogP contribution in [0.4, 0.5) is 0 Å². The van der Waals surface area contributed by atoms with Gasteiger partial charge in [0.2, 0.25) is 5.91 Å². The maximum Gasteiger partial charge on any atom is 0.266 e. The van der Waals surface area contributed by atoms with Crippen molar-refractivity contribution in [2.24, 2.45) is 0 Å². The van der Waals surface area contributed by atoms with Crippen molar-refractivity contribution in [2.45, 2.75) is 24.4 Å². The molecule has 32 heavy (non-hydrogen) atoms. The zero-order valence-corrected chi connectivity index (χ0v) is 17.8. The Balaban J connectivity index is 1.82. The van der Waals surface area contributed by atoms with Gasteiger partial charge < -0.3 is 20.3 Å². The van der Waals surface area contributed by atoms with Gasteiger partial charge in [-0.05, 0) is 41.8 Å². The SMILES string of the molecule is CNC(=O)C(c1ccc2ncc(=O)[nH]c2c1)[C@H](CN1CC[C@H](O)C1)c1cccc(C#N)c1. The van der Waals surface area contributed by atoms with Gasteiger partial charge in [0.25, 0.3) is 5.56 Å². The molecule has 164 valence electrons. The minimum absolute atomic E-state index is 0.164. The Bertz CT molecular complexity index is 1230. The summed E-state index contributed by atoms with van der Waals surface area (Å²) < 4.78 is 0. The van der Waals surface area contributed by atoms with Crippen LogP contribution in [-0.4, -0.2) is 58.7 Å². The molecule has 3 atom stereocenters. The molecule has 0 radical (unpaired) electrons. The number of β-amino-alcohol motifs (C(OH)–C–C–N with tert-alkyl or cyclic N) is 1. The smallest absolute Gasteiger partial charge is 0.266 e. The molecule has 3 N–H and O–H groups in total. The predicted octanol–water partition coefficient (Wildman–Crippen LogP) is 1.47. The first kappa shape index (κ1) is 21.7. The van der Waals surface area contributed by atoms with Crippen molar-refractivity contribution in [3.63, 3.8) is 0 Å². The van der Waals surface area contributed by atoms with Gasteiger partial charge in [0, 0.05) is 32.6 Å². The lowest BCUT2D eigenvalue weighted by atomic mass is 9.79. The molecule has 0 spiro atoms. The Labute approximate surface area is 185 Å². The summed E-state index contributed by atoms with van der Waals surface area (Å²) in [5, 5.41) is 22.2. The Morgan fingerprint density at radius 1 is 1.34 bits per heavy atom. The molecule has 1 unspecified atom stereocenters. The van der Waals surface area contributed by atoms with E-state index in [1.165, 1.54) is 6.20 Å². The highest BCUT2D eigenvalue weighted by atomic mass is 16.3. The third-order valence-electron chi connectivity index (χ3n) is 6.04. The van der Waals surface area contributed by atoms with Gasteiger partial charge in [-0.3, -0.25) is 9.59 Å². The minimum atomic E-state index is -0.570. The average Bonchev–Trinajstić information content (AvgIpc) is 3.22. The van der Waals surface area contributed by atoms with Gasteiger partial charge in [0.05, 0.1) is 40.9 Å².